The highest BCUT2D eigenvalue weighted by Crippen LogP contribution is 2.20. The van der Waals surface area contributed by atoms with Gasteiger partial charge in [0, 0.05) is 55.9 Å². The van der Waals surface area contributed by atoms with Gasteiger partial charge in [0.1, 0.15) is 4.90 Å². The number of carbonyl (C=O) groups excluding carboxylic acids is 2. The molecule has 1 aliphatic carbocycles. The second-order valence-corrected chi connectivity index (χ2v) is 9.28. The number of carbonyl (C=O) groups is 2. The van der Waals surface area contributed by atoms with E-state index in [4.69, 9.17) is 0 Å². The molecule has 4 rings (SSSR count). The number of piperazine rings is 1. The van der Waals surface area contributed by atoms with Crippen molar-refractivity contribution in [3.05, 3.63) is 54.4 Å². The fourth-order valence-electron chi connectivity index (χ4n) is 3.22. The van der Waals surface area contributed by atoms with Crippen LogP contribution in [-0.4, -0.2) is 66.8 Å². The zero-order valence-electron chi connectivity index (χ0n) is 16.3. The number of hydrogen-bond acceptors (Lipinski definition) is 5. The Hall–Kier alpha value is -2.98. The van der Waals surface area contributed by atoms with Crippen molar-refractivity contribution in [2.45, 2.75) is 23.8 Å². The van der Waals surface area contributed by atoms with Gasteiger partial charge in [-0.15, -0.1) is 0 Å². The van der Waals surface area contributed by atoms with Crippen molar-refractivity contribution in [3.8, 4) is 0 Å². The molecular weight excluding hydrogens is 406 g/mol. The molecule has 158 valence electrons. The Balaban J connectivity index is 1.34. The van der Waals surface area contributed by atoms with E-state index in [2.05, 4.69) is 15.6 Å². The van der Waals surface area contributed by atoms with Gasteiger partial charge in [-0.05, 0) is 43.2 Å². The third kappa shape index (κ3) is 4.60. The highest BCUT2D eigenvalue weighted by Gasteiger charge is 2.30. The summed E-state index contributed by atoms with van der Waals surface area (Å²) in [6, 6.07) is 9.80. The van der Waals surface area contributed by atoms with Crippen LogP contribution >= 0.6 is 0 Å². The molecular formula is C20H23N5O4S. The number of nitrogens with zero attached hydrogens (tertiary/aromatic N) is 3. The number of nitrogens with one attached hydrogen (secondary N) is 2. The van der Waals surface area contributed by atoms with E-state index < -0.39 is 10.0 Å². The van der Waals surface area contributed by atoms with Gasteiger partial charge in [-0.3, -0.25) is 9.78 Å². The van der Waals surface area contributed by atoms with Crippen LogP contribution in [0.15, 0.2) is 53.7 Å². The fraction of sp³-hybridized carbons (Fsp3) is 0.350. The minimum Gasteiger partial charge on any atom is -0.349 e. The average molecular weight is 430 g/mol. The minimum absolute atomic E-state index is 0.143. The van der Waals surface area contributed by atoms with Gasteiger partial charge in [-0.2, -0.15) is 4.31 Å². The summed E-state index contributed by atoms with van der Waals surface area (Å²) in [5.41, 5.74) is 1.01. The summed E-state index contributed by atoms with van der Waals surface area (Å²) in [7, 11) is -3.62. The lowest BCUT2D eigenvalue weighted by molar-refractivity contribution is 0.0951. The number of sulfonamides is 1. The fourth-order valence-corrected chi connectivity index (χ4v) is 4.60. The molecule has 2 aromatic rings. The lowest BCUT2D eigenvalue weighted by Crippen LogP contribution is -2.51. The number of benzene rings is 1. The maximum Gasteiger partial charge on any atom is 0.321 e. The molecule has 1 saturated heterocycles. The van der Waals surface area contributed by atoms with Gasteiger partial charge in [0.2, 0.25) is 10.0 Å². The third-order valence-electron chi connectivity index (χ3n) is 5.09. The minimum atomic E-state index is -3.62. The molecule has 9 nitrogen and oxygen atoms in total. The summed E-state index contributed by atoms with van der Waals surface area (Å²) >= 11 is 0. The van der Waals surface area contributed by atoms with Crippen LogP contribution in [0.2, 0.25) is 0 Å². The number of aromatic nitrogens is 1. The molecule has 2 fully saturated rings. The van der Waals surface area contributed by atoms with Crippen LogP contribution in [0.3, 0.4) is 0 Å². The summed E-state index contributed by atoms with van der Waals surface area (Å²) in [6.07, 6.45) is 4.85. The molecule has 0 unspecified atom stereocenters. The van der Waals surface area contributed by atoms with Gasteiger partial charge >= 0.3 is 6.03 Å². The first kappa shape index (κ1) is 20.3. The van der Waals surface area contributed by atoms with Crippen LogP contribution < -0.4 is 10.6 Å². The molecule has 1 saturated carbocycles. The van der Waals surface area contributed by atoms with Gasteiger partial charge in [-0.25, -0.2) is 13.2 Å². The number of pyridine rings is 1. The van der Waals surface area contributed by atoms with Crippen molar-refractivity contribution in [3.63, 3.8) is 0 Å². The highest BCUT2D eigenvalue weighted by molar-refractivity contribution is 7.89. The molecule has 10 heteroatoms. The molecule has 0 radical (unpaired) electrons. The quantitative estimate of drug-likeness (QED) is 0.748. The molecule has 1 aliphatic heterocycles. The number of urea groups is 1. The molecule has 1 aromatic carbocycles. The van der Waals surface area contributed by atoms with Crippen LogP contribution in [0, 0.1) is 0 Å². The topological polar surface area (TPSA) is 112 Å². The van der Waals surface area contributed by atoms with Crippen molar-refractivity contribution in [2.24, 2.45) is 0 Å². The van der Waals surface area contributed by atoms with E-state index in [1.165, 1.54) is 22.8 Å². The Labute approximate surface area is 175 Å². The lowest BCUT2D eigenvalue weighted by atomic mass is 10.2. The van der Waals surface area contributed by atoms with E-state index >= 15 is 0 Å². The molecule has 0 atom stereocenters. The molecule has 2 aliphatic rings. The Bertz CT molecular complexity index is 1030. The SMILES string of the molecule is O=C(NC1CC1)c1cccc(NC(=O)N2CCN(S(=O)(=O)c3cccnc3)CC2)c1. The van der Waals surface area contributed by atoms with Crippen molar-refractivity contribution in [1.29, 1.82) is 0 Å². The van der Waals surface area contributed by atoms with Gasteiger partial charge in [0.25, 0.3) is 5.91 Å². The maximum atomic E-state index is 12.7. The van der Waals surface area contributed by atoms with Crippen LogP contribution in [0.5, 0.6) is 0 Å². The Morgan fingerprint density at radius 2 is 1.80 bits per heavy atom. The van der Waals surface area contributed by atoms with Crippen LogP contribution in [0.4, 0.5) is 10.5 Å². The van der Waals surface area contributed by atoms with Crippen molar-refractivity contribution in [1.82, 2.24) is 19.5 Å². The van der Waals surface area contributed by atoms with E-state index in [1.54, 1.807) is 35.2 Å². The van der Waals surface area contributed by atoms with Crippen LogP contribution in [0.1, 0.15) is 23.2 Å². The lowest BCUT2D eigenvalue weighted by Gasteiger charge is -2.33. The van der Waals surface area contributed by atoms with Crippen LogP contribution in [-0.2, 0) is 10.0 Å². The highest BCUT2D eigenvalue weighted by atomic mass is 32.2. The second-order valence-electron chi connectivity index (χ2n) is 7.34. The summed E-state index contributed by atoms with van der Waals surface area (Å²) in [5.74, 6) is -0.150. The Kier molecular flexibility index (Phi) is 5.69. The first-order valence-corrected chi connectivity index (χ1v) is 11.2. The second kappa shape index (κ2) is 8.41. The number of rotatable bonds is 5. The molecule has 0 bridgehead atoms. The first-order chi connectivity index (χ1) is 14.4. The summed E-state index contributed by atoms with van der Waals surface area (Å²) in [4.78, 5) is 30.3. The van der Waals surface area contributed by atoms with Crippen molar-refractivity contribution >= 4 is 27.6 Å². The summed E-state index contributed by atoms with van der Waals surface area (Å²) in [6.45, 7) is 0.948. The standard InChI is InChI=1S/C20H23N5O4S/c26-19(22-16-6-7-16)15-3-1-4-17(13-15)23-20(27)24-9-11-25(12-10-24)30(28,29)18-5-2-8-21-14-18/h1-5,8,13-14,16H,6-7,9-12H2,(H,22,26)(H,23,27). The van der Waals surface area contributed by atoms with Gasteiger partial charge in [0.05, 0.1) is 0 Å². The van der Waals surface area contributed by atoms with Crippen molar-refractivity contribution in [2.75, 3.05) is 31.5 Å². The zero-order chi connectivity index (χ0) is 21.1. The molecule has 0 spiro atoms. The predicted molar refractivity (Wildman–Crippen MR) is 111 cm³/mol. The van der Waals surface area contributed by atoms with Gasteiger partial charge in [-0.1, -0.05) is 6.07 Å². The van der Waals surface area contributed by atoms with E-state index in [1.807, 2.05) is 0 Å². The molecule has 3 amide bonds. The van der Waals surface area contributed by atoms with E-state index in [0.717, 1.165) is 12.8 Å². The Morgan fingerprint density at radius 3 is 2.47 bits per heavy atom. The zero-order valence-corrected chi connectivity index (χ0v) is 17.1. The van der Waals surface area contributed by atoms with E-state index in [-0.39, 0.29) is 49.1 Å². The van der Waals surface area contributed by atoms with Gasteiger partial charge in [0.15, 0.2) is 0 Å². The Morgan fingerprint density at radius 1 is 1.03 bits per heavy atom. The number of amides is 3. The summed E-state index contributed by atoms with van der Waals surface area (Å²) in [5, 5.41) is 5.71. The average Bonchev–Trinajstić information content (AvgIpc) is 3.58. The van der Waals surface area contributed by atoms with Gasteiger partial charge < -0.3 is 15.5 Å². The van der Waals surface area contributed by atoms with E-state index in [0.29, 0.717) is 11.3 Å². The first-order valence-electron chi connectivity index (χ1n) is 9.80. The largest absolute Gasteiger partial charge is 0.349 e. The molecule has 1 aromatic heterocycles. The molecule has 30 heavy (non-hydrogen) atoms. The predicted octanol–water partition coefficient (Wildman–Crippen LogP) is 1.51. The van der Waals surface area contributed by atoms with E-state index in [9.17, 15) is 18.0 Å². The monoisotopic (exact) mass is 429 g/mol. The molecule has 2 N–H and O–H groups in total. The number of hydrogen-bond donors (Lipinski definition) is 2. The summed E-state index contributed by atoms with van der Waals surface area (Å²) < 4.78 is 26.7. The molecule has 2 heterocycles. The number of anilines is 1. The van der Waals surface area contributed by atoms with Crippen LogP contribution in [0.25, 0.3) is 0 Å². The normalized spacial score (nSPS) is 17.4. The van der Waals surface area contributed by atoms with Crippen molar-refractivity contribution < 1.29 is 18.0 Å². The third-order valence-corrected chi connectivity index (χ3v) is 6.97. The smallest absolute Gasteiger partial charge is 0.321 e. The maximum absolute atomic E-state index is 12.7.